The topological polar surface area (TPSA) is 72.9 Å². The van der Waals surface area contributed by atoms with E-state index in [1.54, 1.807) is 23.9 Å². The molecule has 0 radical (unpaired) electrons. The van der Waals surface area contributed by atoms with Gasteiger partial charge >= 0.3 is 0 Å². The van der Waals surface area contributed by atoms with E-state index < -0.39 is 11.7 Å². The van der Waals surface area contributed by atoms with Crippen LogP contribution in [0.4, 0.5) is 10.1 Å². The number of rotatable bonds is 4. The number of benzene rings is 1. The van der Waals surface area contributed by atoms with Crippen molar-refractivity contribution in [3.63, 3.8) is 0 Å². The monoisotopic (exact) mass is 262 g/mol. The van der Waals surface area contributed by atoms with Gasteiger partial charge in [0.15, 0.2) is 0 Å². The molecule has 0 saturated heterocycles. The lowest BCUT2D eigenvalue weighted by Crippen LogP contribution is -2.13. The van der Waals surface area contributed by atoms with E-state index >= 15 is 0 Å². The zero-order valence-corrected chi connectivity index (χ0v) is 10.8. The molecule has 0 aliphatic rings. The Morgan fingerprint density at radius 1 is 1.53 bits per heavy atom. The average molecular weight is 262 g/mol. The van der Waals surface area contributed by atoms with E-state index in [1.807, 2.05) is 13.1 Å². The lowest BCUT2D eigenvalue weighted by atomic mass is 10.1. The molecule has 6 heteroatoms. The second-order valence-corrected chi connectivity index (χ2v) is 4.29. The van der Waals surface area contributed by atoms with Crippen molar-refractivity contribution in [3.05, 3.63) is 47.0 Å². The summed E-state index contributed by atoms with van der Waals surface area (Å²) >= 11 is 0. The minimum atomic E-state index is -0.650. The van der Waals surface area contributed by atoms with Gasteiger partial charge in [-0.1, -0.05) is 0 Å². The summed E-state index contributed by atoms with van der Waals surface area (Å²) in [5.74, 6) is -1.11. The molecule has 1 aromatic heterocycles. The van der Waals surface area contributed by atoms with Crippen molar-refractivity contribution in [2.24, 2.45) is 12.8 Å². The third kappa shape index (κ3) is 2.73. The number of nitrogens with one attached hydrogen (secondary N) is 1. The Hall–Kier alpha value is -2.37. The Labute approximate surface area is 110 Å². The first-order chi connectivity index (χ1) is 8.99. The molecule has 1 aromatic carbocycles. The molecule has 0 atom stereocenters. The third-order valence-electron chi connectivity index (χ3n) is 3.01. The molecule has 0 unspecified atom stereocenters. The van der Waals surface area contributed by atoms with Crippen molar-refractivity contribution in [1.82, 2.24) is 9.78 Å². The molecule has 2 aromatic rings. The summed E-state index contributed by atoms with van der Waals surface area (Å²) in [7, 11) is 1.82. The Morgan fingerprint density at radius 2 is 2.26 bits per heavy atom. The summed E-state index contributed by atoms with van der Waals surface area (Å²) in [5.41, 5.74) is 7.27. The molecule has 0 fully saturated rings. The molecule has 3 N–H and O–H groups in total. The highest BCUT2D eigenvalue weighted by Gasteiger charge is 2.10. The second-order valence-electron chi connectivity index (χ2n) is 4.29. The number of anilines is 1. The van der Waals surface area contributed by atoms with E-state index in [0.29, 0.717) is 17.8 Å². The first-order valence-corrected chi connectivity index (χ1v) is 5.79. The van der Waals surface area contributed by atoms with Crippen LogP contribution in [-0.2, 0) is 13.6 Å². The first-order valence-electron chi connectivity index (χ1n) is 5.79. The maximum absolute atomic E-state index is 13.7. The van der Waals surface area contributed by atoms with Crippen LogP contribution in [0.15, 0.2) is 24.4 Å². The van der Waals surface area contributed by atoms with Crippen LogP contribution < -0.4 is 11.1 Å². The van der Waals surface area contributed by atoms with Crippen molar-refractivity contribution >= 4 is 11.6 Å². The number of halogens is 1. The van der Waals surface area contributed by atoms with Gasteiger partial charge in [-0.3, -0.25) is 9.48 Å². The molecule has 0 spiro atoms. The molecule has 19 heavy (non-hydrogen) atoms. The third-order valence-corrected chi connectivity index (χ3v) is 3.01. The van der Waals surface area contributed by atoms with Gasteiger partial charge in [0.2, 0.25) is 5.91 Å². The fourth-order valence-electron chi connectivity index (χ4n) is 1.77. The predicted octanol–water partition coefficient (Wildman–Crippen LogP) is 1.58. The first kappa shape index (κ1) is 13.1. The van der Waals surface area contributed by atoms with E-state index in [9.17, 15) is 9.18 Å². The lowest BCUT2D eigenvalue weighted by molar-refractivity contribution is 0.1000. The fourth-order valence-corrected chi connectivity index (χ4v) is 1.77. The highest BCUT2D eigenvalue weighted by molar-refractivity contribution is 5.94. The maximum atomic E-state index is 13.7. The highest BCUT2D eigenvalue weighted by Crippen LogP contribution is 2.21. The molecular formula is C13H15FN4O. The molecule has 0 bridgehead atoms. The van der Waals surface area contributed by atoms with E-state index in [-0.39, 0.29) is 5.56 Å². The molecule has 1 amide bonds. The number of nitrogens with two attached hydrogens (primary N) is 1. The Bertz CT molecular complexity index is 621. The van der Waals surface area contributed by atoms with Crippen molar-refractivity contribution in [2.75, 3.05) is 5.32 Å². The normalized spacial score (nSPS) is 10.5. The standard InChI is InChI=1S/C13H15FN4O/c1-8-11(14)5-9(13(15)19)6-12(8)16-7-10-3-4-17-18(10)2/h3-6,16H,7H2,1-2H3,(H2,15,19). The molecular weight excluding hydrogens is 247 g/mol. The van der Waals surface area contributed by atoms with Crippen LogP contribution in [0.5, 0.6) is 0 Å². The maximum Gasteiger partial charge on any atom is 0.248 e. The average Bonchev–Trinajstić information content (AvgIpc) is 2.76. The van der Waals surface area contributed by atoms with Gasteiger partial charge in [0.1, 0.15) is 5.82 Å². The molecule has 0 aliphatic heterocycles. The summed E-state index contributed by atoms with van der Waals surface area (Å²) in [6.45, 7) is 2.13. The number of hydrogen-bond acceptors (Lipinski definition) is 3. The summed E-state index contributed by atoms with van der Waals surface area (Å²) in [5, 5.41) is 7.13. The SMILES string of the molecule is Cc1c(F)cc(C(N)=O)cc1NCc1ccnn1C. The van der Waals surface area contributed by atoms with Crippen LogP contribution in [0.3, 0.4) is 0 Å². The number of aromatic nitrogens is 2. The van der Waals surface area contributed by atoms with Crippen LogP contribution in [0.1, 0.15) is 21.6 Å². The highest BCUT2D eigenvalue weighted by atomic mass is 19.1. The van der Waals surface area contributed by atoms with Crippen LogP contribution in [0.2, 0.25) is 0 Å². The Kier molecular flexibility index (Phi) is 3.50. The van der Waals surface area contributed by atoms with Gasteiger partial charge in [-0.05, 0) is 25.1 Å². The summed E-state index contributed by atoms with van der Waals surface area (Å²) in [4.78, 5) is 11.1. The molecule has 0 aliphatic carbocycles. The summed E-state index contributed by atoms with van der Waals surface area (Å²) in [6.07, 6.45) is 1.68. The van der Waals surface area contributed by atoms with Gasteiger partial charge in [0.25, 0.3) is 0 Å². The van der Waals surface area contributed by atoms with Crippen molar-refractivity contribution < 1.29 is 9.18 Å². The van der Waals surface area contributed by atoms with Crippen LogP contribution in [-0.4, -0.2) is 15.7 Å². The van der Waals surface area contributed by atoms with Gasteiger partial charge in [0.05, 0.1) is 12.2 Å². The van der Waals surface area contributed by atoms with Gasteiger partial charge in [-0.15, -0.1) is 0 Å². The Balaban J connectivity index is 2.24. The number of carbonyl (C=O) groups is 1. The van der Waals surface area contributed by atoms with Gasteiger partial charge in [-0.25, -0.2) is 4.39 Å². The molecule has 2 rings (SSSR count). The van der Waals surface area contributed by atoms with Crippen LogP contribution >= 0.6 is 0 Å². The lowest BCUT2D eigenvalue weighted by Gasteiger charge is -2.11. The molecule has 0 saturated carbocycles. The number of aryl methyl sites for hydroxylation is 1. The number of nitrogens with zero attached hydrogens (tertiary/aromatic N) is 2. The van der Waals surface area contributed by atoms with E-state index in [4.69, 9.17) is 5.73 Å². The quantitative estimate of drug-likeness (QED) is 0.878. The molecule has 100 valence electrons. The molecule has 5 nitrogen and oxygen atoms in total. The minimum absolute atomic E-state index is 0.149. The zero-order valence-electron chi connectivity index (χ0n) is 10.8. The number of carbonyl (C=O) groups excluding carboxylic acids is 1. The van der Waals surface area contributed by atoms with Crippen molar-refractivity contribution in [1.29, 1.82) is 0 Å². The Morgan fingerprint density at radius 3 is 2.84 bits per heavy atom. The fraction of sp³-hybridized carbons (Fsp3) is 0.231. The largest absolute Gasteiger partial charge is 0.379 e. The second kappa shape index (κ2) is 5.09. The van der Waals surface area contributed by atoms with Crippen molar-refractivity contribution in [2.45, 2.75) is 13.5 Å². The van der Waals surface area contributed by atoms with Crippen LogP contribution in [0.25, 0.3) is 0 Å². The van der Waals surface area contributed by atoms with Crippen LogP contribution in [0, 0.1) is 12.7 Å². The van der Waals surface area contributed by atoms with E-state index in [1.165, 1.54) is 0 Å². The van der Waals surface area contributed by atoms with Gasteiger partial charge < -0.3 is 11.1 Å². The number of primary amides is 1. The smallest absolute Gasteiger partial charge is 0.248 e. The zero-order chi connectivity index (χ0) is 14.0. The van der Waals surface area contributed by atoms with Crippen molar-refractivity contribution in [3.8, 4) is 0 Å². The van der Waals surface area contributed by atoms with Gasteiger partial charge in [-0.2, -0.15) is 5.10 Å². The van der Waals surface area contributed by atoms with E-state index in [2.05, 4.69) is 10.4 Å². The van der Waals surface area contributed by atoms with E-state index in [0.717, 1.165) is 11.8 Å². The number of amides is 1. The summed E-state index contributed by atoms with van der Waals surface area (Å²) < 4.78 is 15.4. The minimum Gasteiger partial charge on any atom is -0.379 e. The number of hydrogen-bond donors (Lipinski definition) is 2. The predicted molar refractivity (Wildman–Crippen MR) is 70.2 cm³/mol. The van der Waals surface area contributed by atoms with Gasteiger partial charge in [0, 0.05) is 30.1 Å². The molecule has 1 heterocycles. The summed E-state index contributed by atoms with van der Waals surface area (Å²) in [6, 6.07) is 4.56.